The molecule has 0 saturated heterocycles. The molecule has 30 heavy (non-hydrogen) atoms. The average molecular weight is 420 g/mol. The van der Waals surface area contributed by atoms with E-state index in [9.17, 15) is 22.8 Å². The van der Waals surface area contributed by atoms with Crippen LogP contribution in [-0.4, -0.2) is 12.4 Å². The third-order valence-electron chi connectivity index (χ3n) is 3.47. The van der Waals surface area contributed by atoms with Crippen LogP contribution in [0.1, 0.15) is 5.56 Å². The molecule has 0 heterocycles. The van der Waals surface area contributed by atoms with Crippen LogP contribution < -0.4 is 9.47 Å². The molecule has 0 radical (unpaired) electrons. The molecule has 0 spiro atoms. The highest BCUT2D eigenvalue weighted by molar-refractivity contribution is 5.81. The van der Waals surface area contributed by atoms with Crippen molar-refractivity contribution in [2.45, 2.75) is 6.18 Å². The summed E-state index contributed by atoms with van der Waals surface area (Å²) in [6.45, 7) is 3.40. The Hall–Kier alpha value is -4.01. The lowest BCUT2D eigenvalue weighted by atomic mass is 10.0. The molecule has 0 unspecified atom stereocenters. The van der Waals surface area contributed by atoms with Crippen molar-refractivity contribution in [2.75, 3.05) is 0 Å². The number of hydrogen-bond acceptors (Lipinski definition) is 6. The molecular weight excluding hydrogens is 405 g/mol. The van der Waals surface area contributed by atoms with E-state index < -0.39 is 23.5 Å². The molecule has 0 saturated carbocycles. The van der Waals surface area contributed by atoms with Gasteiger partial charge in [-0.1, -0.05) is 24.8 Å². The van der Waals surface area contributed by atoms with Crippen molar-refractivity contribution in [3.8, 4) is 22.6 Å². The number of halogens is 3. The SMILES string of the molecule is C=CC(=O)O/C=C\Oc1ccc(-c2ccc(O/C=C\OC=O)cc2)cc1C(F)(F)F. The fourth-order valence-electron chi connectivity index (χ4n) is 2.17. The molecule has 0 N–H and O–H groups in total. The molecule has 0 atom stereocenters. The summed E-state index contributed by atoms with van der Waals surface area (Å²) in [5.41, 5.74) is -0.208. The van der Waals surface area contributed by atoms with Crippen molar-refractivity contribution in [2.24, 2.45) is 0 Å². The number of ether oxygens (including phenoxy) is 4. The Kier molecular flexibility index (Phi) is 7.81. The third kappa shape index (κ3) is 6.55. The Labute approximate surface area is 169 Å². The summed E-state index contributed by atoms with van der Waals surface area (Å²) < 4.78 is 59.2. The number of rotatable bonds is 9. The normalized spacial score (nSPS) is 11.3. The Morgan fingerprint density at radius 2 is 1.57 bits per heavy atom. The fourth-order valence-corrected chi connectivity index (χ4v) is 2.17. The van der Waals surface area contributed by atoms with Gasteiger partial charge < -0.3 is 18.9 Å². The molecule has 0 fully saturated rings. The van der Waals surface area contributed by atoms with Crippen LogP contribution in [0.2, 0.25) is 0 Å². The smallest absolute Gasteiger partial charge is 0.420 e. The second kappa shape index (κ2) is 10.5. The van der Waals surface area contributed by atoms with E-state index in [2.05, 4.69) is 16.1 Å². The van der Waals surface area contributed by atoms with Crippen molar-refractivity contribution < 1.29 is 41.7 Å². The first-order valence-corrected chi connectivity index (χ1v) is 8.22. The van der Waals surface area contributed by atoms with Gasteiger partial charge in [0, 0.05) is 6.08 Å². The van der Waals surface area contributed by atoms with E-state index in [1.165, 1.54) is 18.2 Å². The van der Waals surface area contributed by atoms with Crippen LogP contribution in [0.3, 0.4) is 0 Å². The zero-order valence-electron chi connectivity index (χ0n) is 15.3. The van der Waals surface area contributed by atoms with Crippen LogP contribution in [0.15, 0.2) is 80.2 Å². The van der Waals surface area contributed by atoms with Gasteiger partial charge in [-0.2, -0.15) is 13.2 Å². The van der Waals surface area contributed by atoms with Gasteiger partial charge in [0.25, 0.3) is 6.47 Å². The molecule has 0 aromatic heterocycles. The fraction of sp³-hybridized carbons (Fsp3) is 0.0476. The summed E-state index contributed by atoms with van der Waals surface area (Å²) in [5, 5.41) is 0. The lowest BCUT2D eigenvalue weighted by Crippen LogP contribution is -2.07. The highest BCUT2D eigenvalue weighted by Gasteiger charge is 2.34. The predicted molar refractivity (Wildman–Crippen MR) is 99.9 cm³/mol. The largest absolute Gasteiger partial charge is 0.462 e. The van der Waals surface area contributed by atoms with Crippen molar-refractivity contribution in [3.05, 3.63) is 85.7 Å². The maximum Gasteiger partial charge on any atom is 0.420 e. The molecule has 0 bridgehead atoms. The van der Waals surface area contributed by atoms with Gasteiger partial charge in [0.05, 0.1) is 5.56 Å². The van der Waals surface area contributed by atoms with E-state index in [0.717, 1.165) is 43.3 Å². The number of esters is 1. The number of carbonyl (C=O) groups is 2. The summed E-state index contributed by atoms with van der Waals surface area (Å²) in [7, 11) is 0. The third-order valence-corrected chi connectivity index (χ3v) is 3.47. The van der Waals surface area contributed by atoms with Gasteiger partial charge in [0.2, 0.25) is 0 Å². The highest BCUT2D eigenvalue weighted by Crippen LogP contribution is 2.39. The molecule has 2 aromatic carbocycles. The van der Waals surface area contributed by atoms with Crippen LogP contribution in [0.25, 0.3) is 11.1 Å². The maximum absolute atomic E-state index is 13.4. The molecule has 2 aromatic rings. The van der Waals surface area contributed by atoms with Gasteiger partial charge in [0.15, 0.2) is 0 Å². The number of alkyl halides is 3. The van der Waals surface area contributed by atoms with Gasteiger partial charge in [-0.25, -0.2) is 4.79 Å². The van der Waals surface area contributed by atoms with Crippen LogP contribution in [0, 0.1) is 0 Å². The predicted octanol–water partition coefficient (Wildman–Crippen LogP) is 4.97. The van der Waals surface area contributed by atoms with Gasteiger partial charge in [0.1, 0.15) is 36.5 Å². The lowest BCUT2D eigenvalue weighted by Gasteiger charge is -2.14. The Balaban J connectivity index is 2.20. The molecule has 2 rings (SSSR count). The summed E-state index contributed by atoms with van der Waals surface area (Å²) in [4.78, 5) is 20.9. The van der Waals surface area contributed by atoms with Gasteiger partial charge in [-0.15, -0.1) is 0 Å². The van der Waals surface area contributed by atoms with E-state index in [-0.39, 0.29) is 6.47 Å². The molecular formula is C21H15F3O6. The Morgan fingerprint density at radius 1 is 0.900 bits per heavy atom. The van der Waals surface area contributed by atoms with Crippen molar-refractivity contribution >= 4 is 12.4 Å². The zero-order chi connectivity index (χ0) is 22.0. The van der Waals surface area contributed by atoms with Crippen molar-refractivity contribution in [1.29, 1.82) is 0 Å². The summed E-state index contributed by atoms with van der Waals surface area (Å²) in [6, 6.07) is 9.74. The van der Waals surface area contributed by atoms with Gasteiger partial charge >= 0.3 is 12.1 Å². The van der Waals surface area contributed by atoms with E-state index in [0.29, 0.717) is 16.9 Å². The minimum absolute atomic E-state index is 0.220. The average Bonchev–Trinajstić information content (AvgIpc) is 2.74. The number of benzene rings is 2. The molecule has 0 amide bonds. The first kappa shape index (κ1) is 22.3. The summed E-state index contributed by atoms with van der Waals surface area (Å²) >= 11 is 0. The Bertz CT molecular complexity index is 946. The first-order chi connectivity index (χ1) is 14.3. The van der Waals surface area contributed by atoms with Gasteiger partial charge in [-0.05, 0) is 35.4 Å². The minimum atomic E-state index is -4.68. The first-order valence-electron chi connectivity index (χ1n) is 8.22. The monoisotopic (exact) mass is 420 g/mol. The number of hydrogen-bond donors (Lipinski definition) is 0. The zero-order valence-corrected chi connectivity index (χ0v) is 15.3. The molecule has 156 valence electrons. The van der Waals surface area contributed by atoms with E-state index in [1.807, 2.05) is 0 Å². The molecule has 0 aliphatic heterocycles. The summed E-state index contributed by atoms with van der Waals surface area (Å²) in [5.74, 6) is -0.849. The minimum Gasteiger partial charge on any atom is -0.462 e. The molecule has 9 heteroatoms. The van der Waals surface area contributed by atoms with Crippen LogP contribution in [-0.2, 0) is 25.2 Å². The number of carbonyl (C=O) groups excluding carboxylic acids is 2. The maximum atomic E-state index is 13.4. The van der Waals surface area contributed by atoms with E-state index >= 15 is 0 Å². The quantitative estimate of drug-likeness (QED) is 0.247. The van der Waals surface area contributed by atoms with E-state index in [4.69, 9.17) is 9.47 Å². The Morgan fingerprint density at radius 3 is 2.20 bits per heavy atom. The lowest BCUT2D eigenvalue weighted by molar-refractivity contribution is -0.138. The van der Waals surface area contributed by atoms with Crippen LogP contribution in [0.5, 0.6) is 11.5 Å². The topological polar surface area (TPSA) is 71.1 Å². The van der Waals surface area contributed by atoms with Crippen LogP contribution >= 0.6 is 0 Å². The van der Waals surface area contributed by atoms with Crippen molar-refractivity contribution in [3.63, 3.8) is 0 Å². The van der Waals surface area contributed by atoms with Crippen molar-refractivity contribution in [1.82, 2.24) is 0 Å². The molecule has 6 nitrogen and oxygen atoms in total. The standard InChI is InChI=1S/C21H15F3O6/c1-2-20(26)30-12-11-29-19-8-5-16(13-18(19)21(22,23)24)15-3-6-17(7-4-15)28-10-9-27-14-25/h2-14H,1H2/b10-9-,12-11-. The van der Waals surface area contributed by atoms with Gasteiger partial charge in [-0.3, -0.25) is 4.79 Å². The molecule has 0 aliphatic carbocycles. The highest BCUT2D eigenvalue weighted by atomic mass is 19.4. The second-order valence-electron chi connectivity index (χ2n) is 5.39. The van der Waals surface area contributed by atoms with Crippen LogP contribution in [0.4, 0.5) is 13.2 Å². The van der Waals surface area contributed by atoms with E-state index in [1.54, 1.807) is 12.1 Å². The second-order valence-corrected chi connectivity index (χ2v) is 5.39. The molecule has 0 aliphatic rings. The summed E-state index contributed by atoms with van der Waals surface area (Å²) in [6.07, 6.45) is 0.0134.